The second-order valence-corrected chi connectivity index (χ2v) is 6.58. The van der Waals surface area contributed by atoms with Gasteiger partial charge in [-0.3, -0.25) is 9.88 Å². The number of rotatable bonds is 4. The van der Waals surface area contributed by atoms with E-state index in [0.717, 1.165) is 25.3 Å². The van der Waals surface area contributed by atoms with Crippen LogP contribution in [0.4, 0.5) is 0 Å². The SMILES string of the molecule is Cc1cnccc1CN1CC[C@H](Oc2ccccc2)[C@@](C)(O)C1. The zero-order valence-corrected chi connectivity index (χ0v) is 13.8. The summed E-state index contributed by atoms with van der Waals surface area (Å²) in [4.78, 5) is 6.42. The molecule has 0 amide bonds. The van der Waals surface area contributed by atoms with Gasteiger partial charge in [-0.05, 0) is 49.6 Å². The highest BCUT2D eigenvalue weighted by Crippen LogP contribution is 2.27. The quantitative estimate of drug-likeness (QED) is 0.943. The maximum absolute atomic E-state index is 10.8. The molecule has 1 aromatic heterocycles. The fourth-order valence-corrected chi connectivity index (χ4v) is 3.15. The van der Waals surface area contributed by atoms with E-state index in [1.807, 2.05) is 49.6 Å². The highest BCUT2D eigenvalue weighted by molar-refractivity contribution is 5.23. The van der Waals surface area contributed by atoms with Gasteiger partial charge in [0.1, 0.15) is 17.5 Å². The summed E-state index contributed by atoms with van der Waals surface area (Å²) in [6, 6.07) is 11.8. The summed E-state index contributed by atoms with van der Waals surface area (Å²) in [5, 5.41) is 10.8. The first-order valence-corrected chi connectivity index (χ1v) is 8.10. The van der Waals surface area contributed by atoms with Gasteiger partial charge in [0.25, 0.3) is 0 Å². The first-order valence-electron chi connectivity index (χ1n) is 8.10. The van der Waals surface area contributed by atoms with Gasteiger partial charge in [-0.1, -0.05) is 18.2 Å². The van der Waals surface area contributed by atoms with Crippen LogP contribution in [-0.2, 0) is 6.54 Å². The molecule has 0 bridgehead atoms. The standard InChI is InChI=1S/C19H24N2O2/c1-15-12-20-10-8-16(15)13-21-11-9-18(19(2,22)14-21)23-17-6-4-3-5-7-17/h3-8,10,12,18,22H,9,11,13-14H2,1-2H3/t18-,19-/m0/s1. The van der Waals surface area contributed by atoms with Crippen LogP contribution in [0.2, 0.25) is 0 Å². The molecule has 2 atom stereocenters. The minimum absolute atomic E-state index is 0.181. The molecule has 122 valence electrons. The number of β-amino-alcohol motifs (C(OH)–C–C–N with tert-alkyl or cyclic N) is 1. The highest BCUT2D eigenvalue weighted by atomic mass is 16.5. The molecule has 1 aliphatic rings. The van der Waals surface area contributed by atoms with E-state index in [-0.39, 0.29) is 6.10 Å². The third kappa shape index (κ3) is 3.89. The molecule has 1 aliphatic heterocycles. The number of aliphatic hydroxyl groups is 1. The molecule has 3 rings (SSSR count). The molecular formula is C19H24N2O2. The van der Waals surface area contributed by atoms with Crippen LogP contribution in [0.1, 0.15) is 24.5 Å². The van der Waals surface area contributed by atoms with E-state index in [0.29, 0.717) is 6.54 Å². The van der Waals surface area contributed by atoms with Gasteiger partial charge in [0, 0.05) is 32.0 Å². The van der Waals surface area contributed by atoms with Gasteiger partial charge in [-0.25, -0.2) is 0 Å². The lowest BCUT2D eigenvalue weighted by Gasteiger charge is -2.42. The largest absolute Gasteiger partial charge is 0.487 e. The number of para-hydroxylation sites is 1. The van der Waals surface area contributed by atoms with Gasteiger partial charge in [0.05, 0.1) is 0 Å². The van der Waals surface area contributed by atoms with E-state index in [1.54, 1.807) is 0 Å². The van der Waals surface area contributed by atoms with E-state index in [2.05, 4.69) is 22.9 Å². The molecule has 0 aliphatic carbocycles. The van der Waals surface area contributed by atoms with Crippen molar-refractivity contribution >= 4 is 0 Å². The molecule has 4 heteroatoms. The Bertz CT molecular complexity index is 643. The number of pyridine rings is 1. The summed E-state index contributed by atoms with van der Waals surface area (Å²) in [6.45, 7) is 6.29. The maximum Gasteiger partial charge on any atom is 0.129 e. The maximum atomic E-state index is 10.8. The number of nitrogens with zero attached hydrogens (tertiary/aromatic N) is 2. The predicted octanol–water partition coefficient (Wildman–Crippen LogP) is 2.79. The molecule has 2 heterocycles. The number of benzene rings is 1. The van der Waals surface area contributed by atoms with Crippen LogP contribution < -0.4 is 4.74 Å². The summed E-state index contributed by atoms with van der Waals surface area (Å²) in [7, 11) is 0. The second kappa shape index (κ2) is 6.69. The van der Waals surface area contributed by atoms with Crippen LogP contribution >= 0.6 is 0 Å². The summed E-state index contributed by atoms with van der Waals surface area (Å²) in [6.07, 6.45) is 4.34. The number of likely N-dealkylation sites (tertiary alicyclic amines) is 1. The molecule has 0 spiro atoms. The molecule has 0 radical (unpaired) electrons. The molecule has 1 N–H and O–H groups in total. The molecule has 0 unspecified atom stereocenters. The molecule has 23 heavy (non-hydrogen) atoms. The first kappa shape index (κ1) is 16.0. The van der Waals surface area contributed by atoms with Crippen molar-refractivity contribution in [2.24, 2.45) is 0 Å². The van der Waals surface area contributed by atoms with E-state index in [9.17, 15) is 5.11 Å². The Labute approximate surface area is 137 Å². The van der Waals surface area contributed by atoms with Crippen molar-refractivity contribution in [3.05, 3.63) is 59.9 Å². The lowest BCUT2D eigenvalue weighted by molar-refractivity contribution is -0.0993. The van der Waals surface area contributed by atoms with E-state index < -0.39 is 5.60 Å². The normalized spacial score (nSPS) is 25.3. The van der Waals surface area contributed by atoms with E-state index >= 15 is 0 Å². The fourth-order valence-electron chi connectivity index (χ4n) is 3.15. The lowest BCUT2D eigenvalue weighted by atomic mass is 9.91. The number of aryl methyl sites for hydroxylation is 1. The Kier molecular flexibility index (Phi) is 4.64. The van der Waals surface area contributed by atoms with Gasteiger partial charge >= 0.3 is 0 Å². The Balaban J connectivity index is 1.64. The molecule has 4 nitrogen and oxygen atoms in total. The Morgan fingerprint density at radius 3 is 2.78 bits per heavy atom. The molecule has 0 saturated carbocycles. The number of hydrogen-bond donors (Lipinski definition) is 1. The Morgan fingerprint density at radius 1 is 1.30 bits per heavy atom. The molecule has 1 aromatic carbocycles. The minimum atomic E-state index is -0.866. The van der Waals surface area contributed by atoms with Crippen LogP contribution in [0.5, 0.6) is 5.75 Å². The third-order valence-corrected chi connectivity index (χ3v) is 4.50. The number of hydrogen-bond acceptors (Lipinski definition) is 4. The van der Waals surface area contributed by atoms with Crippen LogP contribution in [0.15, 0.2) is 48.8 Å². The smallest absolute Gasteiger partial charge is 0.129 e. The third-order valence-electron chi connectivity index (χ3n) is 4.50. The average molecular weight is 312 g/mol. The summed E-state index contributed by atoms with van der Waals surface area (Å²) in [5.41, 5.74) is 1.59. The molecule has 2 aromatic rings. The zero-order chi connectivity index (χ0) is 16.3. The van der Waals surface area contributed by atoms with Gasteiger partial charge in [-0.2, -0.15) is 0 Å². The number of aromatic nitrogens is 1. The van der Waals surface area contributed by atoms with Crippen molar-refractivity contribution in [3.63, 3.8) is 0 Å². The van der Waals surface area contributed by atoms with Crippen LogP contribution in [-0.4, -0.2) is 39.8 Å². The topological polar surface area (TPSA) is 45.6 Å². The van der Waals surface area contributed by atoms with Gasteiger partial charge in [0.2, 0.25) is 0 Å². The minimum Gasteiger partial charge on any atom is -0.487 e. The average Bonchev–Trinajstić information content (AvgIpc) is 2.53. The fraction of sp³-hybridized carbons (Fsp3) is 0.421. The molecule has 1 saturated heterocycles. The molecule has 1 fully saturated rings. The summed E-state index contributed by atoms with van der Waals surface area (Å²) >= 11 is 0. The van der Waals surface area contributed by atoms with Crippen LogP contribution in [0.25, 0.3) is 0 Å². The van der Waals surface area contributed by atoms with Crippen molar-refractivity contribution in [2.75, 3.05) is 13.1 Å². The van der Waals surface area contributed by atoms with Gasteiger partial charge < -0.3 is 9.84 Å². The second-order valence-electron chi connectivity index (χ2n) is 6.58. The zero-order valence-electron chi connectivity index (χ0n) is 13.8. The van der Waals surface area contributed by atoms with Crippen molar-refractivity contribution in [1.82, 2.24) is 9.88 Å². The predicted molar refractivity (Wildman–Crippen MR) is 90.3 cm³/mol. The van der Waals surface area contributed by atoms with Crippen molar-refractivity contribution in [1.29, 1.82) is 0 Å². The number of piperidine rings is 1. The summed E-state index contributed by atoms with van der Waals surface area (Å²) in [5.74, 6) is 0.816. The number of ether oxygens (including phenoxy) is 1. The van der Waals surface area contributed by atoms with Crippen LogP contribution in [0, 0.1) is 6.92 Å². The van der Waals surface area contributed by atoms with Crippen molar-refractivity contribution in [3.8, 4) is 5.75 Å². The highest BCUT2D eigenvalue weighted by Gasteiger charge is 2.39. The van der Waals surface area contributed by atoms with Gasteiger partial charge in [0.15, 0.2) is 0 Å². The Hall–Kier alpha value is -1.91. The van der Waals surface area contributed by atoms with Gasteiger partial charge in [-0.15, -0.1) is 0 Å². The van der Waals surface area contributed by atoms with Crippen molar-refractivity contribution in [2.45, 2.75) is 38.5 Å². The molecular weight excluding hydrogens is 288 g/mol. The van der Waals surface area contributed by atoms with E-state index in [4.69, 9.17) is 4.74 Å². The monoisotopic (exact) mass is 312 g/mol. The Morgan fingerprint density at radius 2 is 2.09 bits per heavy atom. The van der Waals surface area contributed by atoms with Crippen LogP contribution in [0.3, 0.4) is 0 Å². The van der Waals surface area contributed by atoms with E-state index in [1.165, 1.54) is 11.1 Å². The van der Waals surface area contributed by atoms with Crippen molar-refractivity contribution < 1.29 is 9.84 Å². The first-order chi connectivity index (χ1) is 11.0. The lowest BCUT2D eigenvalue weighted by Crippen LogP contribution is -2.56. The summed E-state index contributed by atoms with van der Waals surface area (Å²) < 4.78 is 6.01.